The number of amides is 1. The number of benzene rings is 1. The third-order valence-electron chi connectivity index (χ3n) is 3.44. The number of fused-ring (bicyclic) bond motifs is 1. The number of carbonyl (C=O) groups is 2. The Morgan fingerprint density at radius 1 is 1.48 bits per heavy atom. The van der Waals surface area contributed by atoms with E-state index in [4.69, 9.17) is 4.74 Å². The second-order valence-corrected chi connectivity index (χ2v) is 5.86. The lowest BCUT2D eigenvalue weighted by molar-refractivity contribution is -0.134. The van der Waals surface area contributed by atoms with Crippen LogP contribution in [0.5, 0.6) is 0 Å². The SMILES string of the molecule is COC1CNC(C(=O)Nc2nc3ccccc3s2)CC1=O. The van der Waals surface area contributed by atoms with Gasteiger partial charge in [-0.05, 0) is 12.1 Å². The summed E-state index contributed by atoms with van der Waals surface area (Å²) in [5, 5.41) is 6.34. The topological polar surface area (TPSA) is 80.3 Å². The maximum Gasteiger partial charge on any atom is 0.243 e. The second-order valence-electron chi connectivity index (χ2n) is 4.83. The fourth-order valence-electron chi connectivity index (χ4n) is 2.29. The van der Waals surface area contributed by atoms with Gasteiger partial charge in [-0.2, -0.15) is 0 Å². The molecule has 2 N–H and O–H groups in total. The van der Waals surface area contributed by atoms with Gasteiger partial charge in [0.15, 0.2) is 10.9 Å². The average Bonchev–Trinajstić information content (AvgIpc) is 2.89. The Morgan fingerprint density at radius 2 is 2.29 bits per heavy atom. The summed E-state index contributed by atoms with van der Waals surface area (Å²) in [7, 11) is 1.49. The summed E-state index contributed by atoms with van der Waals surface area (Å²) in [5.74, 6) is -0.294. The van der Waals surface area contributed by atoms with Gasteiger partial charge in [-0.15, -0.1) is 0 Å². The molecule has 1 aromatic heterocycles. The molecule has 3 rings (SSSR count). The number of aromatic nitrogens is 1. The summed E-state index contributed by atoms with van der Waals surface area (Å²) in [4.78, 5) is 28.3. The Morgan fingerprint density at radius 3 is 3.00 bits per heavy atom. The van der Waals surface area contributed by atoms with E-state index in [1.807, 2.05) is 24.3 Å². The number of para-hydroxylation sites is 1. The van der Waals surface area contributed by atoms with Crippen molar-refractivity contribution in [1.29, 1.82) is 0 Å². The Balaban J connectivity index is 1.67. The first-order valence-corrected chi connectivity index (χ1v) is 7.44. The summed E-state index contributed by atoms with van der Waals surface area (Å²) < 4.78 is 6.05. The number of rotatable bonds is 3. The van der Waals surface area contributed by atoms with Crippen molar-refractivity contribution in [1.82, 2.24) is 10.3 Å². The molecular weight excluding hydrogens is 290 g/mol. The van der Waals surface area contributed by atoms with Crippen LogP contribution in [0.2, 0.25) is 0 Å². The first-order chi connectivity index (χ1) is 10.2. The fourth-order valence-corrected chi connectivity index (χ4v) is 3.16. The predicted molar refractivity (Wildman–Crippen MR) is 80.5 cm³/mol. The number of carbonyl (C=O) groups excluding carboxylic acids is 2. The number of Topliss-reactive ketones (excluding diaryl/α,β-unsaturated/α-hetero) is 1. The van der Waals surface area contributed by atoms with Crippen LogP contribution in [0.15, 0.2) is 24.3 Å². The van der Waals surface area contributed by atoms with E-state index in [9.17, 15) is 9.59 Å². The van der Waals surface area contributed by atoms with Gasteiger partial charge < -0.3 is 15.4 Å². The van der Waals surface area contributed by atoms with Gasteiger partial charge in [0, 0.05) is 20.1 Å². The zero-order valence-corrected chi connectivity index (χ0v) is 12.3. The maximum absolute atomic E-state index is 12.2. The number of ketones is 1. The second kappa shape index (κ2) is 5.88. The summed E-state index contributed by atoms with van der Waals surface area (Å²) in [6, 6.07) is 7.15. The largest absolute Gasteiger partial charge is 0.372 e. The van der Waals surface area contributed by atoms with E-state index >= 15 is 0 Å². The maximum atomic E-state index is 12.2. The Bertz CT molecular complexity index is 652. The van der Waals surface area contributed by atoms with E-state index in [0.29, 0.717) is 11.7 Å². The quantitative estimate of drug-likeness (QED) is 0.890. The molecule has 2 aromatic rings. The number of hydrogen-bond donors (Lipinski definition) is 2. The molecule has 0 spiro atoms. The van der Waals surface area contributed by atoms with Crippen LogP contribution in [0.25, 0.3) is 10.2 Å². The molecule has 21 heavy (non-hydrogen) atoms. The van der Waals surface area contributed by atoms with Gasteiger partial charge in [-0.25, -0.2) is 4.98 Å². The zero-order chi connectivity index (χ0) is 14.8. The number of hydrogen-bond acceptors (Lipinski definition) is 6. The lowest BCUT2D eigenvalue weighted by atomic mass is 10.0. The Kier molecular flexibility index (Phi) is 3.96. The minimum Gasteiger partial charge on any atom is -0.372 e. The average molecular weight is 305 g/mol. The van der Waals surface area contributed by atoms with Crippen LogP contribution in [0.1, 0.15) is 6.42 Å². The first-order valence-electron chi connectivity index (χ1n) is 6.62. The highest BCUT2D eigenvalue weighted by Gasteiger charge is 2.32. The number of nitrogens with zero attached hydrogens (tertiary/aromatic N) is 1. The lowest BCUT2D eigenvalue weighted by Crippen LogP contribution is -2.53. The molecule has 0 bridgehead atoms. The number of anilines is 1. The van der Waals surface area contributed by atoms with Crippen molar-refractivity contribution in [3.63, 3.8) is 0 Å². The molecule has 2 heterocycles. The number of piperidine rings is 1. The van der Waals surface area contributed by atoms with Crippen LogP contribution in [0, 0.1) is 0 Å². The summed E-state index contributed by atoms with van der Waals surface area (Å²) in [6.07, 6.45) is -0.327. The number of ether oxygens (including phenoxy) is 1. The molecule has 2 atom stereocenters. The van der Waals surface area contributed by atoms with Gasteiger partial charge in [0.2, 0.25) is 5.91 Å². The van der Waals surface area contributed by atoms with Crippen molar-refractivity contribution < 1.29 is 14.3 Å². The highest BCUT2D eigenvalue weighted by Crippen LogP contribution is 2.25. The molecule has 6 nitrogen and oxygen atoms in total. The van der Waals surface area contributed by atoms with Crippen LogP contribution in [-0.4, -0.2) is 42.5 Å². The van der Waals surface area contributed by atoms with Crippen LogP contribution in [-0.2, 0) is 14.3 Å². The minimum absolute atomic E-state index is 0.0549. The zero-order valence-electron chi connectivity index (χ0n) is 11.5. The van der Waals surface area contributed by atoms with E-state index in [0.717, 1.165) is 10.2 Å². The van der Waals surface area contributed by atoms with E-state index in [1.165, 1.54) is 18.4 Å². The monoisotopic (exact) mass is 305 g/mol. The van der Waals surface area contributed by atoms with E-state index < -0.39 is 12.1 Å². The molecule has 1 fully saturated rings. The molecule has 110 valence electrons. The van der Waals surface area contributed by atoms with Gasteiger partial charge >= 0.3 is 0 Å². The van der Waals surface area contributed by atoms with Crippen molar-refractivity contribution in [2.24, 2.45) is 0 Å². The normalized spacial score (nSPS) is 22.4. The molecule has 1 aliphatic heterocycles. The number of nitrogens with one attached hydrogen (secondary N) is 2. The van der Waals surface area contributed by atoms with Crippen LogP contribution >= 0.6 is 11.3 Å². The number of thiazole rings is 1. The van der Waals surface area contributed by atoms with Crippen LogP contribution in [0.4, 0.5) is 5.13 Å². The van der Waals surface area contributed by atoms with Crippen LogP contribution in [0.3, 0.4) is 0 Å². The highest BCUT2D eigenvalue weighted by atomic mass is 32.1. The van der Waals surface area contributed by atoms with Crippen molar-refractivity contribution in [2.45, 2.75) is 18.6 Å². The van der Waals surface area contributed by atoms with Crippen LogP contribution < -0.4 is 10.6 Å². The van der Waals surface area contributed by atoms with Gasteiger partial charge in [-0.3, -0.25) is 9.59 Å². The van der Waals surface area contributed by atoms with E-state index in [-0.39, 0.29) is 18.1 Å². The molecule has 1 aliphatic rings. The molecule has 0 radical (unpaired) electrons. The smallest absolute Gasteiger partial charge is 0.243 e. The molecule has 2 unspecified atom stereocenters. The summed E-state index contributed by atoms with van der Waals surface area (Å²) >= 11 is 1.41. The summed E-state index contributed by atoms with van der Waals surface area (Å²) in [6.45, 7) is 0.354. The summed E-state index contributed by atoms with van der Waals surface area (Å²) in [5.41, 5.74) is 0.852. The molecule has 0 saturated carbocycles. The molecule has 1 amide bonds. The van der Waals surface area contributed by atoms with E-state index in [2.05, 4.69) is 15.6 Å². The Hall–Kier alpha value is -1.83. The van der Waals surface area contributed by atoms with Crippen molar-refractivity contribution in [3.8, 4) is 0 Å². The molecule has 0 aliphatic carbocycles. The molecule has 1 saturated heterocycles. The lowest BCUT2D eigenvalue weighted by Gasteiger charge is -2.26. The Labute approximate surface area is 125 Å². The predicted octanol–water partition coefficient (Wildman–Crippen LogP) is 1.18. The fraction of sp³-hybridized carbons (Fsp3) is 0.357. The third-order valence-corrected chi connectivity index (χ3v) is 4.39. The van der Waals surface area contributed by atoms with Gasteiger partial charge in [-0.1, -0.05) is 23.5 Å². The number of methoxy groups -OCH3 is 1. The third kappa shape index (κ3) is 2.94. The standard InChI is InChI=1S/C14H15N3O3S/c1-20-11-7-15-9(6-10(11)18)13(19)17-14-16-8-4-2-3-5-12(8)21-14/h2-5,9,11,15H,6-7H2,1H3,(H,16,17,19). The highest BCUT2D eigenvalue weighted by molar-refractivity contribution is 7.22. The van der Waals surface area contributed by atoms with E-state index in [1.54, 1.807) is 0 Å². The minimum atomic E-state index is -0.532. The molecule has 7 heteroatoms. The van der Waals surface area contributed by atoms with Crippen molar-refractivity contribution >= 4 is 38.4 Å². The first kappa shape index (κ1) is 14.1. The van der Waals surface area contributed by atoms with Gasteiger partial charge in [0.05, 0.1) is 16.3 Å². The van der Waals surface area contributed by atoms with Gasteiger partial charge in [0.25, 0.3) is 0 Å². The van der Waals surface area contributed by atoms with Crippen molar-refractivity contribution in [3.05, 3.63) is 24.3 Å². The van der Waals surface area contributed by atoms with Crippen molar-refractivity contribution in [2.75, 3.05) is 19.0 Å². The van der Waals surface area contributed by atoms with Gasteiger partial charge in [0.1, 0.15) is 6.10 Å². The molecular formula is C14H15N3O3S. The molecule has 1 aromatic carbocycles.